The van der Waals surface area contributed by atoms with Crippen LogP contribution in [-0.2, 0) is 5.41 Å². The van der Waals surface area contributed by atoms with Crippen LogP contribution in [0.1, 0.15) is 46.7 Å². The summed E-state index contributed by atoms with van der Waals surface area (Å²) in [6.45, 7) is 6.30. The smallest absolute Gasteiger partial charge is 0.347 e. The Labute approximate surface area is 115 Å². The summed E-state index contributed by atoms with van der Waals surface area (Å²) in [5, 5.41) is 16.5. The zero-order valence-corrected chi connectivity index (χ0v) is 11.8. The van der Waals surface area contributed by atoms with Crippen LogP contribution in [-0.4, -0.2) is 26.3 Å². The van der Waals surface area contributed by atoms with Crippen molar-refractivity contribution < 1.29 is 9.90 Å². The predicted octanol–water partition coefficient (Wildman–Crippen LogP) is 3.03. The van der Waals surface area contributed by atoms with Crippen molar-refractivity contribution >= 4 is 29.5 Å². The Balaban J connectivity index is 2.23. The van der Waals surface area contributed by atoms with E-state index >= 15 is 0 Å². The average molecular weight is 277 g/mol. The number of hydrogen-bond donors (Lipinski definition) is 2. The SMILES string of the molecule is CC(C)(C)c1[nH]ncc1/C=C/c1ncc(C(=O)O)s1. The molecule has 2 N–H and O–H groups in total. The Morgan fingerprint density at radius 2 is 2.11 bits per heavy atom. The molecule has 100 valence electrons. The molecule has 0 amide bonds. The molecule has 19 heavy (non-hydrogen) atoms. The molecule has 0 radical (unpaired) electrons. The highest BCUT2D eigenvalue weighted by molar-refractivity contribution is 7.14. The standard InChI is InChI=1S/C13H15N3O2S/c1-13(2,3)11-8(6-15-16-11)4-5-10-14-7-9(19-10)12(17)18/h4-7H,1-3H3,(H,15,16)(H,17,18)/b5-4+. The van der Waals surface area contributed by atoms with Crippen molar-refractivity contribution in [2.75, 3.05) is 0 Å². The van der Waals surface area contributed by atoms with Gasteiger partial charge in [-0.05, 0) is 12.2 Å². The molecule has 0 aliphatic rings. The topological polar surface area (TPSA) is 78.9 Å². The second kappa shape index (κ2) is 4.97. The van der Waals surface area contributed by atoms with Gasteiger partial charge in [0.15, 0.2) is 0 Å². The quantitative estimate of drug-likeness (QED) is 0.903. The van der Waals surface area contributed by atoms with Crippen molar-refractivity contribution in [1.29, 1.82) is 0 Å². The largest absolute Gasteiger partial charge is 0.477 e. The van der Waals surface area contributed by atoms with Gasteiger partial charge in [-0.3, -0.25) is 5.10 Å². The molecular weight excluding hydrogens is 262 g/mol. The molecule has 0 aliphatic heterocycles. The van der Waals surface area contributed by atoms with E-state index in [0.717, 1.165) is 22.6 Å². The third kappa shape index (κ3) is 3.08. The summed E-state index contributed by atoms with van der Waals surface area (Å²) in [6, 6.07) is 0. The fraction of sp³-hybridized carbons (Fsp3) is 0.308. The van der Waals surface area contributed by atoms with Crippen LogP contribution in [0.25, 0.3) is 12.2 Å². The molecule has 0 saturated carbocycles. The fourth-order valence-corrected chi connectivity index (χ4v) is 2.31. The molecule has 0 aliphatic carbocycles. The van der Waals surface area contributed by atoms with E-state index < -0.39 is 5.97 Å². The first-order valence-electron chi connectivity index (χ1n) is 5.79. The summed E-state index contributed by atoms with van der Waals surface area (Å²) >= 11 is 1.15. The third-order valence-electron chi connectivity index (χ3n) is 2.56. The van der Waals surface area contributed by atoms with Crippen molar-refractivity contribution in [3.63, 3.8) is 0 Å². The summed E-state index contributed by atoms with van der Waals surface area (Å²) in [6.07, 6.45) is 6.82. The van der Waals surface area contributed by atoms with Crippen LogP contribution in [0.2, 0.25) is 0 Å². The van der Waals surface area contributed by atoms with Crippen LogP contribution in [0.4, 0.5) is 0 Å². The lowest BCUT2D eigenvalue weighted by molar-refractivity contribution is 0.0702. The van der Waals surface area contributed by atoms with Crippen molar-refractivity contribution in [3.8, 4) is 0 Å². The lowest BCUT2D eigenvalue weighted by Crippen LogP contribution is -2.13. The number of thiazole rings is 1. The second-order valence-corrected chi connectivity index (χ2v) is 6.21. The van der Waals surface area contributed by atoms with Gasteiger partial charge in [-0.15, -0.1) is 11.3 Å². The number of nitrogens with one attached hydrogen (secondary N) is 1. The summed E-state index contributed by atoms with van der Waals surface area (Å²) in [5.74, 6) is -0.948. The normalized spacial score (nSPS) is 12.2. The third-order valence-corrected chi connectivity index (χ3v) is 3.51. The first-order chi connectivity index (χ1) is 8.88. The van der Waals surface area contributed by atoms with E-state index in [-0.39, 0.29) is 10.3 Å². The van der Waals surface area contributed by atoms with Crippen LogP contribution in [0.5, 0.6) is 0 Å². The Kier molecular flexibility index (Phi) is 3.53. The van der Waals surface area contributed by atoms with E-state index in [2.05, 4.69) is 36.0 Å². The van der Waals surface area contributed by atoms with Gasteiger partial charge in [-0.25, -0.2) is 9.78 Å². The minimum absolute atomic E-state index is 0.0225. The Morgan fingerprint density at radius 3 is 2.68 bits per heavy atom. The molecule has 0 saturated heterocycles. The maximum absolute atomic E-state index is 10.8. The molecule has 5 nitrogen and oxygen atoms in total. The molecule has 2 heterocycles. The number of nitrogens with zero attached hydrogens (tertiary/aromatic N) is 2. The molecule has 0 aromatic carbocycles. The van der Waals surface area contributed by atoms with Gasteiger partial charge in [-0.2, -0.15) is 5.10 Å². The van der Waals surface area contributed by atoms with Crippen LogP contribution in [0.3, 0.4) is 0 Å². The number of aromatic amines is 1. The van der Waals surface area contributed by atoms with Crippen molar-refractivity contribution in [2.45, 2.75) is 26.2 Å². The van der Waals surface area contributed by atoms with Crippen LogP contribution < -0.4 is 0 Å². The molecule has 0 atom stereocenters. The number of H-pyrrole nitrogens is 1. The van der Waals surface area contributed by atoms with Gasteiger partial charge in [0.2, 0.25) is 0 Å². The van der Waals surface area contributed by atoms with E-state index in [9.17, 15) is 4.79 Å². The van der Waals surface area contributed by atoms with Crippen molar-refractivity contribution in [3.05, 3.63) is 33.5 Å². The van der Waals surface area contributed by atoms with Gasteiger partial charge in [0.05, 0.1) is 12.4 Å². The number of hydrogen-bond acceptors (Lipinski definition) is 4. The van der Waals surface area contributed by atoms with Gasteiger partial charge in [0.25, 0.3) is 0 Å². The zero-order chi connectivity index (χ0) is 14.0. The number of rotatable bonds is 3. The van der Waals surface area contributed by atoms with Gasteiger partial charge in [-0.1, -0.05) is 20.8 Å². The maximum atomic E-state index is 10.8. The Bertz CT molecular complexity index is 620. The number of aromatic nitrogens is 3. The molecule has 0 bridgehead atoms. The number of carbonyl (C=O) groups is 1. The average Bonchev–Trinajstić information content (AvgIpc) is 2.94. The lowest BCUT2D eigenvalue weighted by atomic mass is 9.89. The summed E-state index contributed by atoms with van der Waals surface area (Å²) in [4.78, 5) is 15.1. The molecule has 2 aromatic heterocycles. The van der Waals surface area contributed by atoms with Gasteiger partial charge >= 0.3 is 5.97 Å². The second-order valence-electron chi connectivity index (χ2n) is 5.15. The van der Waals surface area contributed by atoms with E-state index in [1.165, 1.54) is 6.20 Å². The zero-order valence-electron chi connectivity index (χ0n) is 11.0. The summed E-state index contributed by atoms with van der Waals surface area (Å²) < 4.78 is 0. The molecule has 0 fully saturated rings. The van der Waals surface area contributed by atoms with E-state index in [0.29, 0.717) is 5.01 Å². The molecular formula is C13H15N3O2S. The van der Waals surface area contributed by atoms with Crippen LogP contribution >= 0.6 is 11.3 Å². The maximum Gasteiger partial charge on any atom is 0.347 e. The molecule has 6 heteroatoms. The molecule has 2 aromatic rings. The highest BCUT2D eigenvalue weighted by Gasteiger charge is 2.18. The van der Waals surface area contributed by atoms with E-state index in [4.69, 9.17) is 5.11 Å². The highest BCUT2D eigenvalue weighted by Crippen LogP contribution is 2.25. The fourth-order valence-electron chi connectivity index (χ4n) is 1.65. The number of carboxylic acids is 1. The summed E-state index contributed by atoms with van der Waals surface area (Å²) in [7, 11) is 0. The highest BCUT2D eigenvalue weighted by atomic mass is 32.1. The van der Waals surface area contributed by atoms with Crippen LogP contribution in [0, 0.1) is 0 Å². The lowest BCUT2D eigenvalue weighted by Gasteiger charge is -2.16. The van der Waals surface area contributed by atoms with Crippen molar-refractivity contribution in [1.82, 2.24) is 15.2 Å². The van der Waals surface area contributed by atoms with E-state index in [1.807, 2.05) is 6.08 Å². The minimum atomic E-state index is -0.948. The van der Waals surface area contributed by atoms with Gasteiger partial charge < -0.3 is 5.11 Å². The Hall–Kier alpha value is -1.95. The molecule has 0 unspecified atom stereocenters. The monoisotopic (exact) mass is 277 g/mol. The summed E-state index contributed by atoms with van der Waals surface area (Å²) in [5.41, 5.74) is 2.00. The van der Waals surface area contributed by atoms with E-state index in [1.54, 1.807) is 12.3 Å². The predicted molar refractivity (Wildman–Crippen MR) is 75.3 cm³/mol. The van der Waals surface area contributed by atoms with Gasteiger partial charge in [0.1, 0.15) is 9.88 Å². The molecule has 2 rings (SSSR count). The molecule has 0 spiro atoms. The number of carboxylic acid groups (broad SMARTS) is 1. The van der Waals surface area contributed by atoms with Gasteiger partial charge in [0, 0.05) is 16.7 Å². The van der Waals surface area contributed by atoms with Crippen molar-refractivity contribution in [2.24, 2.45) is 0 Å². The first kappa shape index (κ1) is 13.5. The first-order valence-corrected chi connectivity index (χ1v) is 6.60. The minimum Gasteiger partial charge on any atom is -0.477 e. The Morgan fingerprint density at radius 1 is 1.37 bits per heavy atom. The van der Waals surface area contributed by atoms with Crippen LogP contribution in [0.15, 0.2) is 12.4 Å². The number of aromatic carboxylic acids is 1.